The van der Waals surface area contributed by atoms with E-state index in [1.807, 2.05) is 6.07 Å². The van der Waals surface area contributed by atoms with Crippen molar-refractivity contribution in [3.63, 3.8) is 0 Å². The van der Waals surface area contributed by atoms with Crippen LogP contribution in [0.25, 0.3) is 6.08 Å². The summed E-state index contributed by atoms with van der Waals surface area (Å²) in [4.78, 5) is 10.8. The van der Waals surface area contributed by atoms with Crippen LogP contribution in [0, 0.1) is 11.3 Å². The van der Waals surface area contributed by atoms with E-state index in [-0.39, 0.29) is 11.3 Å². The fourth-order valence-electron chi connectivity index (χ4n) is 1.21. The van der Waals surface area contributed by atoms with Gasteiger partial charge < -0.3 is 9.84 Å². The van der Waals surface area contributed by atoms with Crippen LogP contribution in [0.5, 0.6) is 5.75 Å². The van der Waals surface area contributed by atoms with Crippen LogP contribution in [0.3, 0.4) is 0 Å². The van der Waals surface area contributed by atoms with E-state index in [0.29, 0.717) is 5.56 Å². The fraction of sp³-hybridized carbons (Fsp3) is 0.0909. The third-order valence-corrected chi connectivity index (χ3v) is 1.82. The van der Waals surface area contributed by atoms with Crippen molar-refractivity contribution in [3.8, 4) is 11.8 Å². The monoisotopic (exact) mass is 203 g/mol. The molecule has 0 saturated heterocycles. The van der Waals surface area contributed by atoms with Gasteiger partial charge in [0, 0.05) is 11.6 Å². The van der Waals surface area contributed by atoms with Crippen LogP contribution in [0.1, 0.15) is 15.9 Å². The first-order valence-corrected chi connectivity index (χ1v) is 4.17. The van der Waals surface area contributed by atoms with Gasteiger partial charge in [-0.05, 0) is 12.1 Å². The number of benzene rings is 1. The van der Waals surface area contributed by atoms with Gasteiger partial charge in [0.1, 0.15) is 11.3 Å². The molecule has 0 aliphatic carbocycles. The number of hydrogen-bond donors (Lipinski definition) is 1. The van der Waals surface area contributed by atoms with Crippen molar-refractivity contribution in [3.05, 3.63) is 35.4 Å². The lowest BCUT2D eigenvalue weighted by Gasteiger charge is -2.07. The van der Waals surface area contributed by atoms with E-state index in [1.54, 1.807) is 12.1 Å². The lowest BCUT2D eigenvalue weighted by molar-refractivity contribution is 0.0693. The molecule has 0 aliphatic rings. The summed E-state index contributed by atoms with van der Waals surface area (Å²) in [7, 11) is 1.39. The van der Waals surface area contributed by atoms with Crippen molar-refractivity contribution in [1.29, 1.82) is 5.26 Å². The second kappa shape index (κ2) is 4.82. The van der Waals surface area contributed by atoms with Crippen molar-refractivity contribution >= 4 is 12.0 Å². The molecule has 0 aromatic heterocycles. The normalized spacial score (nSPS) is 9.87. The Morgan fingerprint density at radius 1 is 1.60 bits per heavy atom. The zero-order valence-corrected chi connectivity index (χ0v) is 8.10. The Hall–Kier alpha value is -2.28. The topological polar surface area (TPSA) is 70.3 Å². The van der Waals surface area contributed by atoms with Crippen molar-refractivity contribution in [1.82, 2.24) is 0 Å². The zero-order valence-electron chi connectivity index (χ0n) is 8.10. The van der Waals surface area contributed by atoms with E-state index >= 15 is 0 Å². The zero-order chi connectivity index (χ0) is 11.3. The van der Waals surface area contributed by atoms with Gasteiger partial charge in [0.2, 0.25) is 0 Å². The predicted octanol–water partition coefficient (Wildman–Crippen LogP) is 1.93. The van der Waals surface area contributed by atoms with Gasteiger partial charge in [-0.1, -0.05) is 12.1 Å². The molecule has 1 rings (SSSR count). The van der Waals surface area contributed by atoms with E-state index in [1.165, 1.54) is 25.3 Å². The molecular formula is C11H9NO3. The molecule has 0 saturated carbocycles. The van der Waals surface area contributed by atoms with Gasteiger partial charge in [-0.25, -0.2) is 4.79 Å². The summed E-state index contributed by atoms with van der Waals surface area (Å²) in [5, 5.41) is 17.3. The first kappa shape index (κ1) is 10.8. The smallest absolute Gasteiger partial charge is 0.339 e. The molecule has 1 aromatic rings. The summed E-state index contributed by atoms with van der Waals surface area (Å²) in [5.41, 5.74) is 0.650. The van der Waals surface area contributed by atoms with E-state index in [9.17, 15) is 4.79 Å². The highest BCUT2D eigenvalue weighted by molar-refractivity contribution is 5.92. The van der Waals surface area contributed by atoms with Crippen LogP contribution in [0.2, 0.25) is 0 Å². The number of hydrogen-bond acceptors (Lipinski definition) is 3. The number of allylic oxidation sites excluding steroid dienone is 1. The molecule has 0 spiro atoms. The molecule has 0 atom stereocenters. The Labute approximate surface area is 87.0 Å². The summed E-state index contributed by atoms with van der Waals surface area (Å²) < 4.78 is 4.99. The highest BCUT2D eigenvalue weighted by atomic mass is 16.5. The summed E-state index contributed by atoms with van der Waals surface area (Å²) >= 11 is 0. The van der Waals surface area contributed by atoms with Crippen LogP contribution in [-0.2, 0) is 0 Å². The van der Waals surface area contributed by atoms with Gasteiger partial charge in [-0.2, -0.15) is 5.26 Å². The number of aromatic carboxylic acids is 1. The SMILES string of the molecule is COc1c(C=CC#N)cccc1C(=O)O. The van der Waals surface area contributed by atoms with E-state index in [2.05, 4.69) is 0 Å². The molecule has 76 valence electrons. The van der Waals surface area contributed by atoms with Crippen molar-refractivity contribution < 1.29 is 14.6 Å². The highest BCUT2D eigenvalue weighted by Crippen LogP contribution is 2.24. The number of carboxylic acids is 1. The second-order valence-corrected chi connectivity index (χ2v) is 2.70. The molecule has 0 bridgehead atoms. The lowest BCUT2D eigenvalue weighted by Crippen LogP contribution is -2.01. The molecule has 1 aromatic carbocycles. The van der Waals surface area contributed by atoms with Gasteiger partial charge in [-0.3, -0.25) is 0 Å². The molecule has 0 aliphatic heterocycles. The number of nitrogens with zero attached hydrogens (tertiary/aromatic N) is 1. The average Bonchev–Trinajstić information content (AvgIpc) is 2.25. The number of nitriles is 1. The Bertz CT molecular complexity index is 444. The first-order valence-electron chi connectivity index (χ1n) is 4.17. The number of carboxylic acid groups (broad SMARTS) is 1. The molecule has 4 heteroatoms. The van der Waals surface area contributed by atoms with Gasteiger partial charge in [0.15, 0.2) is 0 Å². The minimum absolute atomic E-state index is 0.0811. The summed E-state index contributed by atoms with van der Waals surface area (Å²) in [6.07, 6.45) is 2.77. The van der Waals surface area contributed by atoms with Crippen LogP contribution in [0.4, 0.5) is 0 Å². The summed E-state index contributed by atoms with van der Waals surface area (Å²) in [6, 6.07) is 6.56. The highest BCUT2D eigenvalue weighted by Gasteiger charge is 2.12. The molecule has 0 heterocycles. The van der Waals surface area contributed by atoms with Crippen LogP contribution in [0.15, 0.2) is 24.3 Å². The molecule has 0 fully saturated rings. The van der Waals surface area contributed by atoms with Crippen LogP contribution >= 0.6 is 0 Å². The predicted molar refractivity (Wildman–Crippen MR) is 54.6 cm³/mol. The summed E-state index contributed by atoms with van der Waals surface area (Å²) in [5.74, 6) is -0.796. The molecule has 15 heavy (non-hydrogen) atoms. The largest absolute Gasteiger partial charge is 0.495 e. The average molecular weight is 203 g/mol. The van der Waals surface area contributed by atoms with E-state index in [4.69, 9.17) is 15.1 Å². The van der Waals surface area contributed by atoms with E-state index < -0.39 is 5.97 Å². The van der Waals surface area contributed by atoms with Crippen molar-refractivity contribution in [2.75, 3.05) is 7.11 Å². The number of rotatable bonds is 3. The minimum Gasteiger partial charge on any atom is -0.495 e. The van der Waals surface area contributed by atoms with Crippen molar-refractivity contribution in [2.24, 2.45) is 0 Å². The number of methoxy groups -OCH3 is 1. The third-order valence-electron chi connectivity index (χ3n) is 1.82. The van der Waals surface area contributed by atoms with Crippen LogP contribution < -0.4 is 4.74 Å². The fourth-order valence-corrected chi connectivity index (χ4v) is 1.21. The van der Waals surface area contributed by atoms with Gasteiger partial charge in [-0.15, -0.1) is 0 Å². The molecule has 0 unspecified atom stereocenters. The van der Waals surface area contributed by atoms with E-state index in [0.717, 1.165) is 0 Å². The molecule has 0 radical (unpaired) electrons. The quantitative estimate of drug-likeness (QED) is 0.762. The lowest BCUT2D eigenvalue weighted by atomic mass is 10.1. The van der Waals surface area contributed by atoms with Gasteiger partial charge >= 0.3 is 5.97 Å². The Kier molecular flexibility index (Phi) is 3.47. The Morgan fingerprint density at radius 2 is 2.33 bits per heavy atom. The van der Waals surface area contributed by atoms with Gasteiger partial charge in [0.25, 0.3) is 0 Å². The summed E-state index contributed by atoms with van der Waals surface area (Å²) in [6.45, 7) is 0. The first-order chi connectivity index (χ1) is 7.20. The minimum atomic E-state index is -1.06. The molecule has 4 nitrogen and oxygen atoms in total. The molecule has 0 amide bonds. The number of ether oxygens (including phenoxy) is 1. The molecular weight excluding hydrogens is 194 g/mol. The Morgan fingerprint density at radius 3 is 2.87 bits per heavy atom. The van der Waals surface area contributed by atoms with Crippen LogP contribution in [-0.4, -0.2) is 18.2 Å². The number of para-hydroxylation sites is 1. The molecule has 1 N–H and O–H groups in total. The number of carbonyl (C=O) groups is 1. The Balaban J connectivity index is 3.29. The second-order valence-electron chi connectivity index (χ2n) is 2.70. The van der Waals surface area contributed by atoms with Crippen molar-refractivity contribution in [2.45, 2.75) is 0 Å². The third kappa shape index (κ3) is 2.35. The maximum Gasteiger partial charge on any atom is 0.339 e. The maximum atomic E-state index is 10.8. The standard InChI is InChI=1S/C11H9NO3/c1-15-10-8(5-3-7-12)4-2-6-9(10)11(13)14/h2-6H,1H3,(H,13,14). The van der Waals surface area contributed by atoms with Gasteiger partial charge in [0.05, 0.1) is 13.2 Å². The maximum absolute atomic E-state index is 10.8.